The minimum Gasteiger partial charge on any atom is -0.468 e. The Hall–Kier alpha value is -1.64. The third kappa shape index (κ3) is 2.93. The fraction of sp³-hybridized carbons (Fsp3) is 0.429. The van der Waals surface area contributed by atoms with Gasteiger partial charge in [-0.3, -0.25) is 9.59 Å². The second kappa shape index (κ2) is 5.62. The summed E-state index contributed by atoms with van der Waals surface area (Å²) in [6.07, 6.45) is 0.457. The van der Waals surface area contributed by atoms with E-state index in [1.54, 1.807) is 0 Å². The zero-order valence-electron chi connectivity index (χ0n) is 10.7. The van der Waals surface area contributed by atoms with Crippen LogP contribution in [0.15, 0.2) is 18.2 Å². The van der Waals surface area contributed by atoms with E-state index in [2.05, 4.69) is 4.74 Å². The third-order valence-electron chi connectivity index (χ3n) is 2.87. The van der Waals surface area contributed by atoms with Crippen LogP contribution in [0.2, 0.25) is 0 Å². The molecule has 0 heterocycles. The van der Waals surface area contributed by atoms with Gasteiger partial charge in [-0.05, 0) is 31.9 Å². The molecule has 0 radical (unpaired) electrons. The highest BCUT2D eigenvalue weighted by atomic mass is 16.5. The van der Waals surface area contributed by atoms with Crippen molar-refractivity contribution in [2.75, 3.05) is 7.11 Å². The first-order valence-electron chi connectivity index (χ1n) is 5.70. The summed E-state index contributed by atoms with van der Waals surface area (Å²) in [7, 11) is 1.31. The van der Waals surface area contributed by atoms with Gasteiger partial charge in [0, 0.05) is 5.56 Å². The molecule has 0 saturated carbocycles. The van der Waals surface area contributed by atoms with Crippen LogP contribution in [0.4, 0.5) is 0 Å². The minimum absolute atomic E-state index is 0.152. The molecular weight excluding hydrogens is 216 g/mol. The first kappa shape index (κ1) is 13.4. The van der Waals surface area contributed by atoms with Gasteiger partial charge in [-0.15, -0.1) is 0 Å². The standard InChI is InChI=1S/C14H18O3/c1-5-11(14(16)17-4)13(15)12-8-9(2)6-7-10(12)3/h6-8,11H,5H2,1-4H3. The minimum atomic E-state index is -0.694. The van der Waals surface area contributed by atoms with E-state index >= 15 is 0 Å². The van der Waals surface area contributed by atoms with E-state index in [4.69, 9.17) is 0 Å². The van der Waals surface area contributed by atoms with Gasteiger partial charge in [0.1, 0.15) is 5.92 Å². The number of esters is 1. The molecule has 0 aliphatic heterocycles. The fourth-order valence-electron chi connectivity index (χ4n) is 1.79. The van der Waals surface area contributed by atoms with Crippen LogP contribution in [0.5, 0.6) is 0 Å². The molecule has 0 bridgehead atoms. The van der Waals surface area contributed by atoms with Crippen LogP contribution in [0.3, 0.4) is 0 Å². The summed E-state index contributed by atoms with van der Waals surface area (Å²) in [6.45, 7) is 5.61. The number of hydrogen-bond donors (Lipinski definition) is 0. The van der Waals surface area contributed by atoms with E-state index in [-0.39, 0.29) is 5.78 Å². The molecule has 3 heteroatoms. The molecule has 0 aliphatic rings. The lowest BCUT2D eigenvalue weighted by molar-refractivity contribution is -0.143. The molecule has 0 aliphatic carbocycles. The first-order chi connectivity index (χ1) is 8.01. The molecule has 92 valence electrons. The average Bonchev–Trinajstić information content (AvgIpc) is 2.32. The molecule has 0 fully saturated rings. The smallest absolute Gasteiger partial charge is 0.316 e. The van der Waals surface area contributed by atoms with Crippen molar-refractivity contribution >= 4 is 11.8 Å². The normalized spacial score (nSPS) is 12.0. The summed E-state index contributed by atoms with van der Waals surface area (Å²) >= 11 is 0. The summed E-state index contributed by atoms with van der Waals surface area (Å²) in [5.41, 5.74) is 2.52. The largest absolute Gasteiger partial charge is 0.468 e. The number of aryl methyl sites for hydroxylation is 2. The van der Waals surface area contributed by atoms with Gasteiger partial charge in [-0.25, -0.2) is 0 Å². The van der Waals surface area contributed by atoms with E-state index in [0.29, 0.717) is 12.0 Å². The molecular formula is C14H18O3. The van der Waals surface area contributed by atoms with E-state index in [1.165, 1.54) is 7.11 Å². The van der Waals surface area contributed by atoms with Crippen LogP contribution in [0.25, 0.3) is 0 Å². The second-order valence-electron chi connectivity index (χ2n) is 4.17. The molecule has 1 atom stereocenters. The van der Waals surface area contributed by atoms with Crippen molar-refractivity contribution in [3.05, 3.63) is 34.9 Å². The zero-order chi connectivity index (χ0) is 13.0. The van der Waals surface area contributed by atoms with E-state index in [9.17, 15) is 9.59 Å². The number of Topliss-reactive ketones (excluding diaryl/α,β-unsaturated/α-hetero) is 1. The lowest BCUT2D eigenvalue weighted by atomic mass is 9.92. The van der Waals surface area contributed by atoms with Crippen LogP contribution in [-0.4, -0.2) is 18.9 Å². The Labute approximate surface area is 102 Å². The Bertz CT molecular complexity index is 435. The first-order valence-corrected chi connectivity index (χ1v) is 5.70. The molecule has 3 nitrogen and oxygen atoms in total. The van der Waals surface area contributed by atoms with Gasteiger partial charge >= 0.3 is 5.97 Å². The summed E-state index contributed by atoms with van der Waals surface area (Å²) < 4.78 is 4.66. The maximum atomic E-state index is 12.2. The summed E-state index contributed by atoms with van der Waals surface area (Å²) in [5, 5.41) is 0. The quantitative estimate of drug-likeness (QED) is 0.457. The van der Waals surface area contributed by atoms with Crippen molar-refractivity contribution in [2.45, 2.75) is 27.2 Å². The number of methoxy groups -OCH3 is 1. The van der Waals surface area contributed by atoms with E-state index in [0.717, 1.165) is 11.1 Å². The van der Waals surface area contributed by atoms with Gasteiger partial charge in [-0.1, -0.05) is 24.6 Å². The molecule has 1 aromatic rings. The van der Waals surface area contributed by atoms with Crippen molar-refractivity contribution in [3.8, 4) is 0 Å². The molecule has 0 spiro atoms. The Morgan fingerprint density at radius 1 is 1.29 bits per heavy atom. The van der Waals surface area contributed by atoms with Crippen molar-refractivity contribution < 1.29 is 14.3 Å². The predicted octanol–water partition coefficient (Wildman–Crippen LogP) is 2.69. The number of carbonyl (C=O) groups excluding carboxylic acids is 2. The SMILES string of the molecule is CCC(C(=O)OC)C(=O)c1cc(C)ccc1C. The van der Waals surface area contributed by atoms with Crippen molar-refractivity contribution in [1.29, 1.82) is 0 Å². The molecule has 0 saturated heterocycles. The maximum absolute atomic E-state index is 12.2. The average molecular weight is 234 g/mol. The third-order valence-corrected chi connectivity index (χ3v) is 2.87. The number of ether oxygens (including phenoxy) is 1. The lowest BCUT2D eigenvalue weighted by Crippen LogP contribution is -2.25. The van der Waals surface area contributed by atoms with Gasteiger partial charge in [0.15, 0.2) is 5.78 Å². The Kier molecular flexibility index (Phi) is 4.44. The van der Waals surface area contributed by atoms with Gasteiger partial charge in [0.2, 0.25) is 0 Å². The summed E-state index contributed by atoms with van der Waals surface area (Å²) in [6, 6.07) is 5.67. The molecule has 1 rings (SSSR count). The molecule has 17 heavy (non-hydrogen) atoms. The van der Waals surface area contributed by atoms with Crippen LogP contribution in [0.1, 0.15) is 34.8 Å². The number of hydrogen-bond acceptors (Lipinski definition) is 3. The van der Waals surface area contributed by atoms with Crippen LogP contribution in [0, 0.1) is 19.8 Å². The maximum Gasteiger partial charge on any atom is 0.316 e. The fourth-order valence-corrected chi connectivity index (χ4v) is 1.79. The Morgan fingerprint density at radius 2 is 1.94 bits per heavy atom. The Balaban J connectivity index is 3.10. The van der Waals surface area contributed by atoms with Gasteiger partial charge in [0.05, 0.1) is 7.11 Å². The van der Waals surface area contributed by atoms with Gasteiger partial charge in [-0.2, -0.15) is 0 Å². The monoisotopic (exact) mass is 234 g/mol. The zero-order valence-corrected chi connectivity index (χ0v) is 10.7. The highest BCUT2D eigenvalue weighted by Crippen LogP contribution is 2.18. The van der Waals surface area contributed by atoms with E-state index < -0.39 is 11.9 Å². The van der Waals surface area contributed by atoms with Crippen molar-refractivity contribution in [2.24, 2.45) is 5.92 Å². The summed E-state index contributed by atoms with van der Waals surface area (Å²) in [4.78, 5) is 23.8. The van der Waals surface area contributed by atoms with Gasteiger partial charge < -0.3 is 4.74 Å². The number of benzene rings is 1. The van der Waals surface area contributed by atoms with Crippen LogP contribution < -0.4 is 0 Å². The topological polar surface area (TPSA) is 43.4 Å². The lowest BCUT2D eigenvalue weighted by Gasteiger charge is -2.13. The van der Waals surface area contributed by atoms with Crippen LogP contribution >= 0.6 is 0 Å². The molecule has 0 amide bonds. The van der Waals surface area contributed by atoms with Gasteiger partial charge in [0.25, 0.3) is 0 Å². The van der Waals surface area contributed by atoms with Crippen LogP contribution in [-0.2, 0) is 9.53 Å². The van der Waals surface area contributed by atoms with Crippen molar-refractivity contribution in [3.63, 3.8) is 0 Å². The molecule has 1 aromatic carbocycles. The summed E-state index contributed by atoms with van der Waals surface area (Å²) in [5.74, 6) is -1.31. The highest BCUT2D eigenvalue weighted by molar-refractivity contribution is 6.09. The number of ketones is 1. The van der Waals surface area contributed by atoms with Crippen molar-refractivity contribution in [1.82, 2.24) is 0 Å². The number of rotatable bonds is 4. The highest BCUT2D eigenvalue weighted by Gasteiger charge is 2.27. The Morgan fingerprint density at radius 3 is 2.47 bits per heavy atom. The molecule has 0 aromatic heterocycles. The number of carbonyl (C=O) groups is 2. The molecule has 1 unspecified atom stereocenters. The second-order valence-corrected chi connectivity index (χ2v) is 4.17. The molecule has 0 N–H and O–H groups in total. The van der Waals surface area contributed by atoms with E-state index in [1.807, 2.05) is 39.0 Å². The predicted molar refractivity (Wildman–Crippen MR) is 66.0 cm³/mol.